The number of aromatic hydroxyl groups is 1. The molecule has 0 spiro atoms. The molecular formula is C25H33ClN2O3. The number of amides is 1. The van der Waals surface area contributed by atoms with E-state index in [0.29, 0.717) is 31.1 Å². The number of nitrogens with two attached hydrogens (primary N) is 1. The maximum atomic E-state index is 12.6. The number of nitrogens with zero attached hydrogens (tertiary/aromatic N) is 1. The quantitative estimate of drug-likeness (QED) is 0.732. The van der Waals surface area contributed by atoms with Gasteiger partial charge in [-0.1, -0.05) is 42.5 Å². The van der Waals surface area contributed by atoms with Gasteiger partial charge in [0.05, 0.1) is 12.2 Å². The maximum Gasteiger partial charge on any atom is 0.222 e. The number of phenols is 1. The van der Waals surface area contributed by atoms with Crippen LogP contribution < -0.4 is 5.73 Å². The Morgan fingerprint density at radius 1 is 1.16 bits per heavy atom. The second-order valence-corrected chi connectivity index (χ2v) is 8.61. The predicted molar refractivity (Wildman–Crippen MR) is 125 cm³/mol. The summed E-state index contributed by atoms with van der Waals surface area (Å²) < 4.78 is 6.36. The lowest BCUT2D eigenvalue weighted by atomic mass is 9.83. The van der Waals surface area contributed by atoms with Crippen molar-refractivity contribution in [3.05, 3.63) is 64.7 Å². The molecule has 0 aromatic heterocycles. The molecule has 2 atom stereocenters. The summed E-state index contributed by atoms with van der Waals surface area (Å²) in [5, 5.41) is 10.6. The molecule has 0 aliphatic carbocycles. The number of halogens is 1. The van der Waals surface area contributed by atoms with Gasteiger partial charge in [-0.25, -0.2) is 0 Å². The van der Waals surface area contributed by atoms with Crippen LogP contribution in [0.5, 0.6) is 5.75 Å². The molecule has 2 aromatic rings. The Labute approximate surface area is 191 Å². The molecule has 2 aromatic carbocycles. The van der Waals surface area contributed by atoms with Crippen molar-refractivity contribution >= 4 is 18.3 Å². The highest BCUT2D eigenvalue weighted by molar-refractivity contribution is 5.85. The van der Waals surface area contributed by atoms with Gasteiger partial charge >= 0.3 is 0 Å². The molecule has 6 heteroatoms. The van der Waals surface area contributed by atoms with Crippen molar-refractivity contribution in [2.24, 2.45) is 11.7 Å². The zero-order valence-electron chi connectivity index (χ0n) is 18.1. The Morgan fingerprint density at radius 3 is 2.55 bits per heavy atom. The highest BCUT2D eigenvalue weighted by Crippen LogP contribution is 2.40. The van der Waals surface area contributed by atoms with Crippen molar-refractivity contribution in [3.8, 4) is 5.75 Å². The van der Waals surface area contributed by atoms with Crippen molar-refractivity contribution in [3.63, 3.8) is 0 Å². The molecule has 1 amide bonds. The van der Waals surface area contributed by atoms with Crippen LogP contribution in [-0.4, -0.2) is 41.7 Å². The molecule has 5 nitrogen and oxygen atoms in total. The van der Waals surface area contributed by atoms with Crippen LogP contribution in [-0.2, 0) is 22.4 Å². The number of fused-ring (bicyclic) bond motifs is 1. The number of carbonyl (C=O) groups is 1. The highest BCUT2D eigenvalue weighted by Gasteiger charge is 2.36. The molecule has 3 N–H and O–H groups in total. The molecule has 0 unspecified atom stereocenters. The van der Waals surface area contributed by atoms with Gasteiger partial charge in [-0.3, -0.25) is 4.79 Å². The van der Waals surface area contributed by atoms with Gasteiger partial charge in [0.1, 0.15) is 5.75 Å². The Morgan fingerprint density at radius 2 is 1.87 bits per heavy atom. The number of piperidine rings is 1. The first-order valence-corrected chi connectivity index (χ1v) is 11.1. The van der Waals surface area contributed by atoms with Crippen LogP contribution in [0.2, 0.25) is 0 Å². The molecule has 2 heterocycles. The van der Waals surface area contributed by atoms with Crippen LogP contribution >= 0.6 is 12.4 Å². The lowest BCUT2D eigenvalue weighted by Gasteiger charge is -2.40. The fraction of sp³-hybridized carbons (Fsp3) is 0.480. The minimum atomic E-state index is -0.171. The van der Waals surface area contributed by atoms with E-state index in [2.05, 4.69) is 12.1 Å². The van der Waals surface area contributed by atoms with Gasteiger partial charge in [-0.05, 0) is 48.8 Å². The largest absolute Gasteiger partial charge is 0.507 e. The zero-order valence-corrected chi connectivity index (χ0v) is 18.9. The van der Waals surface area contributed by atoms with Gasteiger partial charge in [0.2, 0.25) is 5.91 Å². The van der Waals surface area contributed by atoms with E-state index in [1.807, 2.05) is 42.2 Å². The first-order chi connectivity index (χ1) is 14.6. The van der Waals surface area contributed by atoms with Crippen LogP contribution in [0.4, 0.5) is 0 Å². The summed E-state index contributed by atoms with van der Waals surface area (Å²) in [7, 11) is 0. The summed E-state index contributed by atoms with van der Waals surface area (Å²) in [6, 6.07) is 14.1. The van der Waals surface area contributed by atoms with E-state index in [-0.39, 0.29) is 30.5 Å². The van der Waals surface area contributed by atoms with Crippen LogP contribution in [0.15, 0.2) is 42.5 Å². The number of ether oxygens (including phenoxy) is 1. The van der Waals surface area contributed by atoms with Crippen molar-refractivity contribution in [2.75, 3.05) is 19.6 Å². The molecule has 4 rings (SSSR count). The number of hydrogen-bond acceptors (Lipinski definition) is 4. The third-order valence-electron chi connectivity index (χ3n) is 6.71. The Hall–Kier alpha value is -2.08. The van der Waals surface area contributed by atoms with E-state index in [9.17, 15) is 9.90 Å². The number of aryl methyl sites for hydroxylation is 2. The van der Waals surface area contributed by atoms with Gasteiger partial charge < -0.3 is 20.5 Å². The third kappa shape index (κ3) is 5.22. The van der Waals surface area contributed by atoms with Crippen LogP contribution in [0.1, 0.15) is 47.6 Å². The molecule has 0 radical (unpaired) electrons. The molecule has 2 aliphatic rings. The molecule has 0 bridgehead atoms. The zero-order chi connectivity index (χ0) is 21.1. The fourth-order valence-electron chi connectivity index (χ4n) is 4.85. The minimum Gasteiger partial charge on any atom is -0.507 e. The Bertz CT molecular complexity index is 882. The number of rotatable bonds is 5. The molecule has 1 saturated heterocycles. The van der Waals surface area contributed by atoms with E-state index < -0.39 is 0 Å². The standard InChI is InChI=1S/C25H32N2O3.ClH/c1-17-7-9-20-21(25(17)29)15-22(30-23(20)16-26)19-11-13-27(14-12-19)24(28)10-8-18-5-3-2-4-6-18;/h2-7,9,19,22-23,29H,8,10-16,26H2,1H3;1H/t22-,23-;/m0./s1. The summed E-state index contributed by atoms with van der Waals surface area (Å²) in [5.41, 5.74) is 10.1. The second-order valence-electron chi connectivity index (χ2n) is 8.61. The summed E-state index contributed by atoms with van der Waals surface area (Å²) in [6.45, 7) is 3.89. The highest BCUT2D eigenvalue weighted by atomic mass is 35.5. The van der Waals surface area contributed by atoms with Crippen LogP contribution in [0.3, 0.4) is 0 Å². The average Bonchev–Trinajstić information content (AvgIpc) is 2.80. The number of phenolic OH excluding ortho intramolecular Hbond substituents is 1. The molecule has 31 heavy (non-hydrogen) atoms. The third-order valence-corrected chi connectivity index (χ3v) is 6.71. The lowest BCUT2D eigenvalue weighted by molar-refractivity contribution is -0.134. The maximum absolute atomic E-state index is 12.6. The molecule has 0 saturated carbocycles. The van der Waals surface area contributed by atoms with E-state index in [0.717, 1.165) is 49.0 Å². The number of hydrogen-bond donors (Lipinski definition) is 2. The number of carbonyl (C=O) groups excluding carboxylic acids is 1. The first kappa shape index (κ1) is 23.6. The Balaban J connectivity index is 0.00000272. The monoisotopic (exact) mass is 444 g/mol. The van der Waals surface area contributed by atoms with Gasteiger partial charge in [0.15, 0.2) is 0 Å². The number of benzene rings is 2. The molecule has 1 fully saturated rings. The lowest BCUT2D eigenvalue weighted by Crippen LogP contribution is -2.44. The van der Waals surface area contributed by atoms with Gasteiger partial charge in [0.25, 0.3) is 0 Å². The minimum absolute atomic E-state index is 0. The Kier molecular flexibility index (Phi) is 7.98. The molecule has 2 aliphatic heterocycles. The van der Waals surface area contributed by atoms with E-state index in [1.165, 1.54) is 5.56 Å². The molecule has 168 valence electrons. The summed E-state index contributed by atoms with van der Waals surface area (Å²) >= 11 is 0. The smallest absolute Gasteiger partial charge is 0.222 e. The van der Waals surface area contributed by atoms with Crippen molar-refractivity contribution in [2.45, 2.75) is 51.2 Å². The van der Waals surface area contributed by atoms with Gasteiger partial charge in [-0.15, -0.1) is 12.4 Å². The van der Waals surface area contributed by atoms with E-state index in [1.54, 1.807) is 0 Å². The predicted octanol–water partition coefficient (Wildman–Crippen LogP) is 3.93. The van der Waals surface area contributed by atoms with Gasteiger partial charge in [0, 0.05) is 38.0 Å². The SMILES string of the molecule is Cc1ccc2c(c1O)C[C@@H](C1CCN(C(=O)CCc3ccccc3)CC1)O[C@H]2CN.Cl. The summed E-state index contributed by atoms with van der Waals surface area (Å²) in [6.07, 6.45) is 3.80. The summed E-state index contributed by atoms with van der Waals surface area (Å²) in [5.74, 6) is 0.998. The molecular weight excluding hydrogens is 412 g/mol. The average molecular weight is 445 g/mol. The van der Waals surface area contributed by atoms with Crippen LogP contribution in [0, 0.1) is 12.8 Å². The first-order valence-electron chi connectivity index (χ1n) is 11.1. The van der Waals surface area contributed by atoms with Crippen molar-refractivity contribution < 1.29 is 14.6 Å². The summed E-state index contributed by atoms with van der Waals surface area (Å²) in [4.78, 5) is 14.6. The number of likely N-dealkylation sites (tertiary alicyclic amines) is 1. The van der Waals surface area contributed by atoms with Crippen molar-refractivity contribution in [1.29, 1.82) is 0 Å². The van der Waals surface area contributed by atoms with Crippen LogP contribution in [0.25, 0.3) is 0 Å². The van der Waals surface area contributed by atoms with Crippen molar-refractivity contribution in [1.82, 2.24) is 4.90 Å². The topological polar surface area (TPSA) is 75.8 Å². The van der Waals surface area contributed by atoms with E-state index >= 15 is 0 Å². The fourth-order valence-corrected chi connectivity index (χ4v) is 4.85. The van der Waals surface area contributed by atoms with E-state index in [4.69, 9.17) is 10.5 Å². The normalized spacial score (nSPS) is 21.3. The second kappa shape index (κ2) is 10.5. The van der Waals surface area contributed by atoms with Gasteiger partial charge in [-0.2, -0.15) is 0 Å².